The zero-order chi connectivity index (χ0) is 19.6. The van der Waals surface area contributed by atoms with Crippen molar-refractivity contribution < 1.29 is 9.53 Å². The molecule has 0 aliphatic carbocycles. The minimum Gasteiger partial charge on any atom is -0.497 e. The van der Waals surface area contributed by atoms with Gasteiger partial charge in [0, 0.05) is 16.9 Å². The van der Waals surface area contributed by atoms with Gasteiger partial charge in [-0.05, 0) is 54.4 Å². The van der Waals surface area contributed by atoms with E-state index in [1.807, 2.05) is 35.9 Å². The minimum absolute atomic E-state index is 0.293. The van der Waals surface area contributed by atoms with E-state index in [0.29, 0.717) is 20.4 Å². The predicted molar refractivity (Wildman–Crippen MR) is 111 cm³/mol. The summed E-state index contributed by atoms with van der Waals surface area (Å²) in [7, 11) is 3.55. The quantitative estimate of drug-likeness (QED) is 0.568. The second-order valence-corrected chi connectivity index (χ2v) is 7.74. The highest BCUT2D eigenvalue weighted by atomic mass is 35.5. The van der Waals surface area contributed by atoms with Gasteiger partial charge in [-0.1, -0.05) is 30.1 Å². The summed E-state index contributed by atoms with van der Waals surface area (Å²) in [6, 6.07) is 12.6. The molecule has 0 spiro atoms. The highest BCUT2D eigenvalue weighted by molar-refractivity contribution is 7.09. The van der Waals surface area contributed by atoms with Gasteiger partial charge in [0.1, 0.15) is 5.75 Å². The molecule has 0 aliphatic rings. The van der Waals surface area contributed by atoms with E-state index in [4.69, 9.17) is 27.9 Å². The van der Waals surface area contributed by atoms with E-state index in [2.05, 4.69) is 11.9 Å². The Balaban J connectivity index is 2.07. The highest BCUT2D eigenvalue weighted by Gasteiger charge is 2.15. The molecule has 2 aromatic carbocycles. The third-order valence-electron chi connectivity index (χ3n) is 4.14. The topological polar surface area (TPSA) is 43.6 Å². The Morgan fingerprint density at radius 3 is 2.48 bits per heavy atom. The lowest BCUT2D eigenvalue weighted by molar-refractivity contribution is 0.0998. The van der Waals surface area contributed by atoms with Crippen LogP contribution < -0.4 is 9.54 Å². The normalized spacial score (nSPS) is 11.7. The number of hydrogen-bond acceptors (Lipinski definition) is 3. The van der Waals surface area contributed by atoms with Crippen molar-refractivity contribution in [2.45, 2.75) is 13.3 Å². The maximum Gasteiger partial charge on any atom is 0.281 e. The minimum atomic E-state index is -0.391. The first-order valence-electron chi connectivity index (χ1n) is 8.31. The van der Waals surface area contributed by atoms with Crippen LogP contribution in [-0.2, 0) is 13.5 Å². The Hall–Kier alpha value is -2.08. The zero-order valence-electron chi connectivity index (χ0n) is 15.1. The fraction of sp³-hybridized carbons (Fsp3) is 0.200. The summed E-state index contributed by atoms with van der Waals surface area (Å²) in [5.74, 6) is 0.407. The molecule has 1 heterocycles. The van der Waals surface area contributed by atoms with Crippen LogP contribution in [0.2, 0.25) is 10.0 Å². The molecule has 0 aliphatic heterocycles. The van der Waals surface area contributed by atoms with E-state index in [-0.39, 0.29) is 0 Å². The molecule has 7 heteroatoms. The third-order valence-corrected chi connectivity index (χ3v) is 5.97. The van der Waals surface area contributed by atoms with Crippen molar-refractivity contribution in [3.63, 3.8) is 0 Å². The molecule has 3 rings (SSSR count). The summed E-state index contributed by atoms with van der Waals surface area (Å²) in [6.45, 7) is 2.08. The molecule has 0 saturated carbocycles. The molecular formula is C20H18Cl2N2O2S. The lowest BCUT2D eigenvalue weighted by atomic mass is 10.1. The van der Waals surface area contributed by atoms with Gasteiger partial charge in [0.25, 0.3) is 5.91 Å². The lowest BCUT2D eigenvalue weighted by Crippen LogP contribution is -2.14. The Morgan fingerprint density at radius 1 is 1.19 bits per heavy atom. The van der Waals surface area contributed by atoms with Crippen LogP contribution in [0.1, 0.15) is 22.2 Å². The van der Waals surface area contributed by atoms with Crippen molar-refractivity contribution in [1.29, 1.82) is 0 Å². The molecule has 4 nitrogen and oxygen atoms in total. The summed E-state index contributed by atoms with van der Waals surface area (Å²) in [4.78, 5) is 18.7. The average Bonchev–Trinajstić information content (AvgIpc) is 2.97. The number of thiazole rings is 1. The van der Waals surface area contributed by atoms with Gasteiger partial charge in [0.05, 0.1) is 23.4 Å². The molecule has 140 valence electrons. The monoisotopic (exact) mass is 420 g/mol. The van der Waals surface area contributed by atoms with Crippen LogP contribution in [0.3, 0.4) is 0 Å². The molecule has 0 atom stereocenters. The van der Waals surface area contributed by atoms with E-state index in [9.17, 15) is 4.79 Å². The van der Waals surface area contributed by atoms with Gasteiger partial charge in [0.15, 0.2) is 4.80 Å². The van der Waals surface area contributed by atoms with Gasteiger partial charge < -0.3 is 9.30 Å². The number of halogens is 2. The predicted octanol–water partition coefficient (Wildman–Crippen LogP) is 5.37. The van der Waals surface area contributed by atoms with E-state index in [1.165, 1.54) is 11.3 Å². The number of hydrogen-bond donors (Lipinski definition) is 0. The van der Waals surface area contributed by atoms with Crippen molar-refractivity contribution in [3.05, 3.63) is 67.8 Å². The molecule has 3 aromatic rings. The van der Waals surface area contributed by atoms with Crippen LogP contribution >= 0.6 is 34.5 Å². The second kappa shape index (κ2) is 8.30. The van der Waals surface area contributed by atoms with E-state index in [0.717, 1.165) is 28.3 Å². The van der Waals surface area contributed by atoms with Crippen LogP contribution in [0.25, 0.3) is 11.3 Å². The standard InChI is InChI=1S/C20H18Cl2N2O2S/c1-4-17-18(12-5-8-14(26-3)9-6-12)24(2)20(27-17)23-19(25)15-10-7-13(21)11-16(15)22/h5-11H,4H2,1-3H3. The zero-order valence-corrected chi connectivity index (χ0v) is 17.5. The Labute approximate surface area is 171 Å². The molecule has 27 heavy (non-hydrogen) atoms. The smallest absolute Gasteiger partial charge is 0.281 e. The molecule has 0 saturated heterocycles. The summed E-state index contributed by atoms with van der Waals surface area (Å²) in [6.07, 6.45) is 0.839. The van der Waals surface area contributed by atoms with Crippen molar-refractivity contribution in [3.8, 4) is 17.0 Å². The number of ether oxygens (including phenoxy) is 1. The fourth-order valence-corrected chi connectivity index (χ4v) is 4.32. The van der Waals surface area contributed by atoms with Crippen molar-refractivity contribution in [2.24, 2.45) is 12.0 Å². The first-order chi connectivity index (χ1) is 12.9. The number of benzene rings is 2. The van der Waals surface area contributed by atoms with E-state index >= 15 is 0 Å². The molecule has 0 bridgehead atoms. The Bertz CT molecular complexity index is 1050. The summed E-state index contributed by atoms with van der Waals surface area (Å²) in [5.41, 5.74) is 2.42. The number of aromatic nitrogens is 1. The number of carbonyl (C=O) groups excluding carboxylic acids is 1. The van der Waals surface area contributed by atoms with Gasteiger partial charge in [-0.15, -0.1) is 11.3 Å². The molecule has 0 N–H and O–H groups in total. The highest BCUT2D eigenvalue weighted by Crippen LogP contribution is 2.28. The van der Waals surface area contributed by atoms with Gasteiger partial charge in [0.2, 0.25) is 0 Å². The number of methoxy groups -OCH3 is 1. The summed E-state index contributed by atoms with van der Waals surface area (Å²) >= 11 is 13.5. The van der Waals surface area contributed by atoms with Gasteiger partial charge in [-0.3, -0.25) is 4.79 Å². The summed E-state index contributed by atoms with van der Waals surface area (Å²) < 4.78 is 7.17. The number of carbonyl (C=O) groups is 1. The van der Waals surface area contributed by atoms with Gasteiger partial charge in [-0.2, -0.15) is 4.99 Å². The maximum absolute atomic E-state index is 12.6. The van der Waals surface area contributed by atoms with Crippen LogP contribution in [0, 0.1) is 0 Å². The van der Waals surface area contributed by atoms with Crippen LogP contribution in [0.4, 0.5) is 0 Å². The van der Waals surface area contributed by atoms with Crippen LogP contribution in [0.15, 0.2) is 47.5 Å². The van der Waals surface area contributed by atoms with E-state index in [1.54, 1.807) is 25.3 Å². The van der Waals surface area contributed by atoms with Gasteiger partial charge in [-0.25, -0.2) is 0 Å². The molecule has 0 fully saturated rings. The van der Waals surface area contributed by atoms with Crippen molar-refractivity contribution >= 4 is 40.4 Å². The first-order valence-corrected chi connectivity index (χ1v) is 9.89. The van der Waals surface area contributed by atoms with Crippen LogP contribution in [-0.4, -0.2) is 17.6 Å². The number of aryl methyl sites for hydroxylation is 1. The molecular weight excluding hydrogens is 403 g/mol. The Morgan fingerprint density at radius 2 is 1.89 bits per heavy atom. The van der Waals surface area contributed by atoms with Gasteiger partial charge >= 0.3 is 0 Å². The fourth-order valence-electron chi connectivity index (χ4n) is 2.76. The molecule has 0 unspecified atom stereocenters. The Kier molecular flexibility index (Phi) is 6.05. The molecule has 0 radical (unpaired) electrons. The largest absolute Gasteiger partial charge is 0.497 e. The van der Waals surface area contributed by atoms with Crippen molar-refractivity contribution in [2.75, 3.05) is 7.11 Å². The first kappa shape index (κ1) is 19.7. The second-order valence-electron chi connectivity index (χ2n) is 5.84. The molecule has 1 amide bonds. The van der Waals surface area contributed by atoms with Crippen molar-refractivity contribution in [1.82, 2.24) is 4.57 Å². The molecule has 1 aromatic heterocycles. The SMILES string of the molecule is CCc1sc(=NC(=O)c2ccc(Cl)cc2Cl)n(C)c1-c1ccc(OC)cc1. The third kappa shape index (κ3) is 4.10. The number of amides is 1. The summed E-state index contributed by atoms with van der Waals surface area (Å²) in [5, 5.41) is 0.773. The lowest BCUT2D eigenvalue weighted by Gasteiger charge is -2.07. The number of nitrogens with zero attached hydrogens (tertiary/aromatic N) is 2. The van der Waals surface area contributed by atoms with E-state index < -0.39 is 5.91 Å². The number of rotatable bonds is 4. The van der Waals surface area contributed by atoms with Crippen LogP contribution in [0.5, 0.6) is 5.75 Å². The average molecular weight is 421 g/mol. The maximum atomic E-state index is 12.6.